The number of carbonyl (C=O) groups is 1. The Morgan fingerprint density at radius 1 is 1.17 bits per heavy atom. The summed E-state index contributed by atoms with van der Waals surface area (Å²) in [6, 6.07) is 13.7. The molecule has 2 aliphatic rings. The molecule has 7 heteroatoms. The average molecular weight is 390 g/mol. The Balaban J connectivity index is 1.28. The van der Waals surface area contributed by atoms with Crippen LogP contribution in [0.3, 0.4) is 0 Å². The maximum atomic E-state index is 13.1. The van der Waals surface area contributed by atoms with Crippen molar-refractivity contribution in [1.82, 2.24) is 14.9 Å². The van der Waals surface area contributed by atoms with Crippen LogP contribution >= 0.6 is 0 Å². The molecule has 0 radical (unpaired) electrons. The van der Waals surface area contributed by atoms with E-state index < -0.39 is 0 Å². The SMILES string of the molecule is O=C(c1cccc(-c2ncc[nH]2)c1)N1CCCC(Nc2ccc3c(c2)OCO3)C1. The highest BCUT2D eigenvalue weighted by Crippen LogP contribution is 2.34. The van der Waals surface area contributed by atoms with Crippen molar-refractivity contribution >= 4 is 11.6 Å². The molecule has 1 aromatic heterocycles. The second-order valence-corrected chi connectivity index (χ2v) is 7.32. The minimum Gasteiger partial charge on any atom is -0.454 e. The number of likely N-dealkylation sites (tertiary alicyclic amines) is 1. The first kappa shape index (κ1) is 17.6. The van der Waals surface area contributed by atoms with Gasteiger partial charge in [-0.25, -0.2) is 4.98 Å². The van der Waals surface area contributed by atoms with Gasteiger partial charge in [-0.2, -0.15) is 0 Å². The Hall–Kier alpha value is -3.48. The van der Waals surface area contributed by atoms with E-state index in [0.29, 0.717) is 12.1 Å². The lowest BCUT2D eigenvalue weighted by Crippen LogP contribution is -2.45. The van der Waals surface area contributed by atoms with Gasteiger partial charge in [-0.3, -0.25) is 4.79 Å². The van der Waals surface area contributed by atoms with Gasteiger partial charge in [0.1, 0.15) is 5.82 Å². The van der Waals surface area contributed by atoms with Gasteiger partial charge in [0.2, 0.25) is 6.79 Å². The monoisotopic (exact) mass is 390 g/mol. The van der Waals surface area contributed by atoms with E-state index >= 15 is 0 Å². The second kappa shape index (κ2) is 7.50. The molecule has 1 unspecified atom stereocenters. The van der Waals surface area contributed by atoms with E-state index in [1.165, 1.54) is 0 Å². The van der Waals surface area contributed by atoms with Crippen LogP contribution in [0, 0.1) is 0 Å². The van der Waals surface area contributed by atoms with Crippen LogP contribution in [0.15, 0.2) is 54.9 Å². The summed E-state index contributed by atoms with van der Waals surface area (Å²) in [5, 5.41) is 3.54. The number of hydrogen-bond donors (Lipinski definition) is 2. The number of ether oxygens (including phenoxy) is 2. The van der Waals surface area contributed by atoms with Gasteiger partial charge in [0, 0.05) is 54.4 Å². The molecule has 1 fully saturated rings. The number of H-pyrrole nitrogens is 1. The van der Waals surface area contributed by atoms with Crippen molar-refractivity contribution in [3.8, 4) is 22.9 Å². The zero-order chi connectivity index (χ0) is 19.6. The number of piperidine rings is 1. The fraction of sp³-hybridized carbons (Fsp3) is 0.273. The van der Waals surface area contributed by atoms with E-state index in [9.17, 15) is 4.79 Å². The number of hydrogen-bond acceptors (Lipinski definition) is 5. The number of imidazole rings is 1. The summed E-state index contributed by atoms with van der Waals surface area (Å²) < 4.78 is 10.8. The molecule has 0 bridgehead atoms. The van der Waals surface area contributed by atoms with Crippen molar-refractivity contribution in [1.29, 1.82) is 0 Å². The molecule has 2 aromatic carbocycles. The highest BCUT2D eigenvalue weighted by atomic mass is 16.7. The van der Waals surface area contributed by atoms with Gasteiger partial charge in [-0.05, 0) is 37.1 Å². The molecule has 3 aromatic rings. The highest BCUT2D eigenvalue weighted by molar-refractivity contribution is 5.95. The third-order valence-electron chi connectivity index (χ3n) is 5.33. The van der Waals surface area contributed by atoms with Crippen LogP contribution in [-0.4, -0.2) is 46.7 Å². The molecule has 2 aliphatic heterocycles. The molecular formula is C22H22N4O3. The van der Waals surface area contributed by atoms with E-state index in [4.69, 9.17) is 9.47 Å². The van der Waals surface area contributed by atoms with E-state index in [0.717, 1.165) is 48.0 Å². The lowest BCUT2D eigenvalue weighted by Gasteiger charge is -2.34. The van der Waals surface area contributed by atoms with Crippen molar-refractivity contribution < 1.29 is 14.3 Å². The van der Waals surface area contributed by atoms with Crippen LogP contribution in [0.4, 0.5) is 5.69 Å². The Labute approximate surface area is 168 Å². The maximum Gasteiger partial charge on any atom is 0.253 e. The number of aromatic amines is 1. The number of nitrogens with one attached hydrogen (secondary N) is 2. The smallest absolute Gasteiger partial charge is 0.253 e. The summed E-state index contributed by atoms with van der Waals surface area (Å²) in [6.07, 6.45) is 5.47. The fourth-order valence-corrected chi connectivity index (χ4v) is 3.91. The predicted octanol–water partition coefficient (Wildman–Crippen LogP) is 3.52. The first-order valence-electron chi connectivity index (χ1n) is 9.81. The lowest BCUT2D eigenvalue weighted by molar-refractivity contribution is 0.0715. The summed E-state index contributed by atoms with van der Waals surface area (Å²) in [5.41, 5.74) is 2.57. The molecule has 3 heterocycles. The topological polar surface area (TPSA) is 79.5 Å². The lowest BCUT2D eigenvalue weighted by atomic mass is 10.0. The molecule has 1 amide bonds. The third kappa shape index (κ3) is 3.63. The maximum absolute atomic E-state index is 13.1. The summed E-state index contributed by atoms with van der Waals surface area (Å²) in [4.78, 5) is 22.4. The quantitative estimate of drug-likeness (QED) is 0.713. The number of anilines is 1. The molecule has 1 saturated heterocycles. The van der Waals surface area contributed by atoms with Gasteiger partial charge in [0.05, 0.1) is 0 Å². The zero-order valence-electron chi connectivity index (χ0n) is 15.9. The molecule has 0 saturated carbocycles. The van der Waals surface area contributed by atoms with Gasteiger partial charge in [-0.15, -0.1) is 0 Å². The van der Waals surface area contributed by atoms with Crippen molar-refractivity contribution in [3.63, 3.8) is 0 Å². The molecule has 2 N–H and O–H groups in total. The Morgan fingerprint density at radius 3 is 3.00 bits per heavy atom. The molecule has 7 nitrogen and oxygen atoms in total. The zero-order valence-corrected chi connectivity index (χ0v) is 15.9. The van der Waals surface area contributed by atoms with Crippen LogP contribution in [0.2, 0.25) is 0 Å². The second-order valence-electron chi connectivity index (χ2n) is 7.32. The normalized spacial score (nSPS) is 17.9. The van der Waals surface area contributed by atoms with Crippen molar-refractivity contribution in [2.75, 3.05) is 25.2 Å². The van der Waals surface area contributed by atoms with Gasteiger partial charge in [0.15, 0.2) is 11.5 Å². The van der Waals surface area contributed by atoms with Crippen molar-refractivity contribution in [2.24, 2.45) is 0 Å². The fourth-order valence-electron chi connectivity index (χ4n) is 3.91. The third-order valence-corrected chi connectivity index (χ3v) is 5.33. The number of benzene rings is 2. The number of rotatable bonds is 4. The van der Waals surface area contributed by atoms with Crippen LogP contribution in [0.5, 0.6) is 11.5 Å². The number of aromatic nitrogens is 2. The Kier molecular flexibility index (Phi) is 4.56. The molecule has 0 spiro atoms. The first-order chi connectivity index (χ1) is 14.3. The van der Waals surface area contributed by atoms with Gasteiger partial charge < -0.3 is 24.7 Å². The van der Waals surface area contributed by atoms with E-state index in [-0.39, 0.29) is 18.7 Å². The summed E-state index contributed by atoms with van der Waals surface area (Å²) >= 11 is 0. The first-order valence-corrected chi connectivity index (χ1v) is 9.81. The highest BCUT2D eigenvalue weighted by Gasteiger charge is 2.25. The van der Waals surface area contributed by atoms with Crippen molar-refractivity contribution in [3.05, 3.63) is 60.4 Å². The molecule has 29 heavy (non-hydrogen) atoms. The van der Waals surface area contributed by atoms with Crippen LogP contribution < -0.4 is 14.8 Å². The minimum atomic E-state index is 0.0515. The molecule has 0 aliphatic carbocycles. The predicted molar refractivity (Wildman–Crippen MR) is 109 cm³/mol. The summed E-state index contributed by atoms with van der Waals surface area (Å²) in [6.45, 7) is 1.70. The summed E-state index contributed by atoms with van der Waals surface area (Å²) in [5.74, 6) is 2.34. The van der Waals surface area contributed by atoms with Crippen LogP contribution in [0.1, 0.15) is 23.2 Å². The molecule has 1 atom stereocenters. The van der Waals surface area contributed by atoms with Gasteiger partial charge >= 0.3 is 0 Å². The van der Waals surface area contributed by atoms with Crippen LogP contribution in [-0.2, 0) is 0 Å². The average Bonchev–Trinajstić information content (AvgIpc) is 3.45. The largest absolute Gasteiger partial charge is 0.454 e. The minimum absolute atomic E-state index is 0.0515. The van der Waals surface area contributed by atoms with E-state index in [1.54, 1.807) is 12.4 Å². The number of amides is 1. The molecule has 5 rings (SSSR count). The van der Waals surface area contributed by atoms with E-state index in [2.05, 4.69) is 15.3 Å². The Morgan fingerprint density at radius 2 is 2.10 bits per heavy atom. The summed E-state index contributed by atoms with van der Waals surface area (Å²) in [7, 11) is 0. The number of fused-ring (bicyclic) bond motifs is 1. The van der Waals surface area contributed by atoms with Crippen molar-refractivity contribution in [2.45, 2.75) is 18.9 Å². The van der Waals surface area contributed by atoms with Gasteiger partial charge in [-0.1, -0.05) is 12.1 Å². The number of nitrogens with zero attached hydrogens (tertiary/aromatic N) is 2. The Bertz CT molecular complexity index is 1020. The standard InChI is InChI=1S/C22H22N4O3/c27-22(16-4-1-3-15(11-16)21-23-8-9-24-21)26-10-2-5-18(13-26)25-17-6-7-19-20(12-17)29-14-28-19/h1,3-4,6-9,11-12,18,25H,2,5,10,13-14H2,(H,23,24). The van der Waals surface area contributed by atoms with Crippen LogP contribution in [0.25, 0.3) is 11.4 Å². The molecule has 148 valence electrons. The molecular weight excluding hydrogens is 368 g/mol. The van der Waals surface area contributed by atoms with E-state index in [1.807, 2.05) is 47.4 Å². The number of carbonyl (C=O) groups excluding carboxylic acids is 1. The van der Waals surface area contributed by atoms with Gasteiger partial charge in [0.25, 0.3) is 5.91 Å².